The second-order valence-corrected chi connectivity index (χ2v) is 3.56. The van der Waals surface area contributed by atoms with E-state index in [2.05, 4.69) is 25.9 Å². The Balaban J connectivity index is 2.36. The molecule has 0 unspecified atom stereocenters. The molecule has 2 heterocycles. The predicted molar refractivity (Wildman–Crippen MR) is 52.4 cm³/mol. The van der Waals surface area contributed by atoms with Crippen LogP contribution in [0.15, 0.2) is 32.2 Å². The number of carboxylic acid groups (broad SMARTS) is 1. The lowest BCUT2D eigenvalue weighted by molar-refractivity contribution is -0.129. The molecule has 0 aliphatic carbocycles. The topological polar surface area (TPSA) is 62.0 Å². The lowest BCUT2D eigenvalue weighted by atomic mass is 10.1. The third-order valence-corrected chi connectivity index (χ3v) is 2.16. The Morgan fingerprint density at radius 2 is 2.31 bits per heavy atom. The maximum Gasteiger partial charge on any atom is 0.354 e. The molecule has 0 radical (unpaired) electrons. The van der Waals surface area contributed by atoms with E-state index in [4.69, 9.17) is 5.11 Å². The molecule has 2 rings (SSSR count). The van der Waals surface area contributed by atoms with Crippen LogP contribution in [0.2, 0.25) is 0 Å². The molecular weight excluding hydrogens is 236 g/mol. The van der Waals surface area contributed by atoms with Gasteiger partial charge in [0.2, 0.25) is 0 Å². The number of fused-ring (bicyclic) bond motifs is 1. The average molecular weight is 241 g/mol. The molecular formula is C8H5BrN2O2. The van der Waals surface area contributed by atoms with E-state index in [0.717, 1.165) is 10.1 Å². The van der Waals surface area contributed by atoms with Gasteiger partial charge in [-0.25, -0.2) is 9.79 Å². The van der Waals surface area contributed by atoms with Crippen molar-refractivity contribution in [2.75, 3.05) is 0 Å². The Hall–Kier alpha value is -1.23. The van der Waals surface area contributed by atoms with Crippen molar-refractivity contribution in [3.05, 3.63) is 22.2 Å². The number of carboxylic acids is 1. The van der Waals surface area contributed by atoms with Crippen LogP contribution in [0.25, 0.3) is 0 Å². The first-order chi connectivity index (χ1) is 6.16. The van der Waals surface area contributed by atoms with Gasteiger partial charge in [-0.15, -0.1) is 0 Å². The summed E-state index contributed by atoms with van der Waals surface area (Å²) in [4.78, 5) is 18.5. The fraction of sp³-hybridized carbons (Fsp3) is 0.125. The van der Waals surface area contributed by atoms with Gasteiger partial charge >= 0.3 is 5.97 Å². The Morgan fingerprint density at radius 3 is 3.00 bits per heavy atom. The third-order valence-electron chi connectivity index (χ3n) is 1.73. The molecule has 0 aromatic rings. The molecule has 1 atom stereocenters. The summed E-state index contributed by atoms with van der Waals surface area (Å²) in [7, 11) is 0. The summed E-state index contributed by atoms with van der Waals surface area (Å²) >= 11 is 3.25. The number of aliphatic carboxylic acids is 1. The summed E-state index contributed by atoms with van der Waals surface area (Å²) in [5.41, 5.74) is 0.877. The van der Waals surface area contributed by atoms with Gasteiger partial charge in [0.25, 0.3) is 0 Å². The molecule has 0 amide bonds. The van der Waals surface area contributed by atoms with E-state index in [9.17, 15) is 4.79 Å². The number of dihydropyridines is 1. The lowest BCUT2D eigenvalue weighted by Gasteiger charge is -2.07. The molecule has 0 fully saturated rings. The normalized spacial score (nSPS) is 24.7. The van der Waals surface area contributed by atoms with E-state index in [0.29, 0.717) is 0 Å². The van der Waals surface area contributed by atoms with Crippen LogP contribution in [0, 0.1) is 0 Å². The monoisotopic (exact) mass is 240 g/mol. The number of rotatable bonds is 1. The fourth-order valence-electron chi connectivity index (χ4n) is 1.17. The van der Waals surface area contributed by atoms with Crippen LogP contribution in [-0.2, 0) is 4.79 Å². The Labute approximate surface area is 82.5 Å². The van der Waals surface area contributed by atoms with E-state index in [-0.39, 0.29) is 11.9 Å². The van der Waals surface area contributed by atoms with Crippen molar-refractivity contribution in [3.63, 3.8) is 0 Å². The predicted octanol–water partition coefficient (Wildman–Crippen LogP) is 1.14. The zero-order valence-corrected chi connectivity index (χ0v) is 8.02. The zero-order chi connectivity index (χ0) is 9.42. The van der Waals surface area contributed by atoms with Gasteiger partial charge in [-0.1, -0.05) is 0 Å². The summed E-state index contributed by atoms with van der Waals surface area (Å²) in [5, 5.41) is 8.67. The summed E-state index contributed by atoms with van der Waals surface area (Å²) in [6.45, 7) is 0. The molecule has 66 valence electrons. The van der Waals surface area contributed by atoms with Gasteiger partial charge in [0.05, 0.1) is 0 Å². The van der Waals surface area contributed by atoms with E-state index < -0.39 is 5.97 Å². The Kier molecular flexibility index (Phi) is 1.88. The van der Waals surface area contributed by atoms with E-state index in [1.165, 1.54) is 6.08 Å². The summed E-state index contributed by atoms with van der Waals surface area (Å²) < 4.78 is 0.830. The second-order valence-electron chi connectivity index (χ2n) is 2.64. The molecule has 5 heteroatoms. The number of nitrogens with zero attached hydrogens (tertiary/aromatic N) is 2. The van der Waals surface area contributed by atoms with Gasteiger partial charge in [-0.3, -0.25) is 4.99 Å². The van der Waals surface area contributed by atoms with Crippen LogP contribution >= 0.6 is 15.9 Å². The smallest absolute Gasteiger partial charge is 0.354 e. The first-order valence-corrected chi connectivity index (χ1v) is 4.39. The Bertz CT molecular complexity index is 393. The molecule has 2 aliphatic heterocycles. The van der Waals surface area contributed by atoms with E-state index in [1.807, 2.05) is 6.08 Å². The Morgan fingerprint density at radius 1 is 1.54 bits per heavy atom. The SMILES string of the molecule is O=C(O)C1=N[C@H]2N=CC(Br)=CC2=C1. The average Bonchev–Trinajstić information content (AvgIpc) is 2.46. The van der Waals surface area contributed by atoms with Crippen LogP contribution in [0.3, 0.4) is 0 Å². The number of halogens is 1. The zero-order valence-electron chi connectivity index (χ0n) is 6.44. The minimum atomic E-state index is -1.01. The number of allylic oxidation sites excluding steroid dienone is 1. The highest BCUT2D eigenvalue weighted by molar-refractivity contribution is 9.12. The molecule has 4 nitrogen and oxygen atoms in total. The van der Waals surface area contributed by atoms with Crippen LogP contribution in [0.1, 0.15) is 0 Å². The molecule has 0 saturated carbocycles. The van der Waals surface area contributed by atoms with Crippen molar-refractivity contribution in [1.82, 2.24) is 0 Å². The number of hydrogen-bond donors (Lipinski definition) is 1. The van der Waals surface area contributed by atoms with Crippen LogP contribution in [-0.4, -0.2) is 29.2 Å². The highest BCUT2D eigenvalue weighted by atomic mass is 79.9. The summed E-state index contributed by atoms with van der Waals surface area (Å²) in [5.74, 6) is -1.01. The van der Waals surface area contributed by atoms with Crippen molar-refractivity contribution in [1.29, 1.82) is 0 Å². The molecule has 0 spiro atoms. The minimum absolute atomic E-state index is 0.0654. The van der Waals surface area contributed by atoms with Crippen LogP contribution < -0.4 is 0 Å². The van der Waals surface area contributed by atoms with Gasteiger partial charge in [-0.2, -0.15) is 0 Å². The summed E-state index contributed by atoms with van der Waals surface area (Å²) in [6.07, 6.45) is 4.62. The van der Waals surface area contributed by atoms with Crippen molar-refractivity contribution in [3.8, 4) is 0 Å². The van der Waals surface area contributed by atoms with Gasteiger partial charge in [-0.05, 0) is 28.1 Å². The maximum atomic E-state index is 10.6. The summed E-state index contributed by atoms with van der Waals surface area (Å²) in [6, 6.07) is 0. The van der Waals surface area contributed by atoms with E-state index >= 15 is 0 Å². The largest absolute Gasteiger partial charge is 0.477 e. The molecule has 0 aromatic carbocycles. The maximum absolute atomic E-state index is 10.6. The molecule has 0 saturated heterocycles. The van der Waals surface area contributed by atoms with Crippen molar-refractivity contribution in [2.45, 2.75) is 6.17 Å². The molecule has 0 aromatic heterocycles. The van der Waals surface area contributed by atoms with Gasteiger partial charge in [0.1, 0.15) is 5.71 Å². The van der Waals surface area contributed by atoms with Crippen molar-refractivity contribution < 1.29 is 9.90 Å². The van der Waals surface area contributed by atoms with Gasteiger partial charge in [0.15, 0.2) is 6.17 Å². The highest BCUT2D eigenvalue weighted by Crippen LogP contribution is 2.24. The van der Waals surface area contributed by atoms with Crippen LogP contribution in [0.5, 0.6) is 0 Å². The van der Waals surface area contributed by atoms with Gasteiger partial charge in [0, 0.05) is 16.3 Å². The standard InChI is InChI=1S/C8H5BrN2O2/c9-5-1-4-2-6(8(12)13)11-7(4)10-3-5/h1-3,7H,(H,12,13)/t7-/m1/s1. The molecule has 1 N–H and O–H groups in total. The van der Waals surface area contributed by atoms with E-state index in [1.54, 1.807) is 6.21 Å². The first-order valence-electron chi connectivity index (χ1n) is 3.60. The van der Waals surface area contributed by atoms with Gasteiger partial charge < -0.3 is 5.11 Å². The second kappa shape index (κ2) is 2.92. The fourth-order valence-corrected chi connectivity index (χ4v) is 1.55. The molecule has 13 heavy (non-hydrogen) atoms. The minimum Gasteiger partial charge on any atom is -0.477 e. The molecule has 0 bridgehead atoms. The number of aliphatic imine (C=N–C) groups is 2. The highest BCUT2D eigenvalue weighted by Gasteiger charge is 2.23. The van der Waals surface area contributed by atoms with Crippen LogP contribution in [0.4, 0.5) is 0 Å². The van der Waals surface area contributed by atoms with Crippen molar-refractivity contribution >= 4 is 33.8 Å². The number of carbonyl (C=O) groups is 1. The lowest BCUT2D eigenvalue weighted by Crippen LogP contribution is -2.08. The molecule has 2 aliphatic rings. The third kappa shape index (κ3) is 1.47. The quantitative estimate of drug-likeness (QED) is 0.748. The van der Waals surface area contributed by atoms with Crippen molar-refractivity contribution in [2.24, 2.45) is 9.98 Å². The first kappa shape index (κ1) is 8.37. The number of hydrogen-bond acceptors (Lipinski definition) is 3.